The molecule has 0 saturated carbocycles. The minimum atomic E-state index is -0.440. The van der Waals surface area contributed by atoms with Crippen LogP contribution in [-0.2, 0) is 9.59 Å². The van der Waals surface area contributed by atoms with Crippen molar-refractivity contribution < 1.29 is 14.4 Å². The number of imide groups is 1. The highest BCUT2D eigenvalue weighted by Gasteiger charge is 2.35. The van der Waals surface area contributed by atoms with Crippen LogP contribution in [0, 0.1) is 0 Å². The highest BCUT2D eigenvalue weighted by atomic mass is 16.2. The van der Waals surface area contributed by atoms with E-state index in [0.29, 0.717) is 6.54 Å². The molecule has 0 spiro atoms. The minimum absolute atomic E-state index is 0.0247. The van der Waals surface area contributed by atoms with E-state index in [1.807, 2.05) is 13.8 Å². The molecule has 1 aliphatic rings. The van der Waals surface area contributed by atoms with Gasteiger partial charge in [-0.05, 0) is 12.8 Å². The molecule has 7 nitrogen and oxygen atoms in total. The number of nitrogens with one attached hydrogen (secondary N) is 1. The number of carbonyl (C=O) groups excluding carboxylic acids is 3. The molecule has 0 atom stereocenters. The molecule has 1 fully saturated rings. The largest absolute Gasteiger partial charge is 0.353 e. The van der Waals surface area contributed by atoms with Crippen molar-refractivity contribution in [2.75, 3.05) is 26.7 Å². The fourth-order valence-electron chi connectivity index (χ4n) is 1.80. The maximum absolute atomic E-state index is 11.7. The number of rotatable bonds is 6. The van der Waals surface area contributed by atoms with Crippen LogP contribution in [0.3, 0.4) is 0 Å². The summed E-state index contributed by atoms with van der Waals surface area (Å²) in [5, 5.41) is 2.68. The van der Waals surface area contributed by atoms with Crippen LogP contribution >= 0.6 is 0 Å². The fourth-order valence-corrected chi connectivity index (χ4v) is 1.80. The predicted molar refractivity (Wildman–Crippen MR) is 70.2 cm³/mol. The molecule has 0 aromatic heterocycles. The Morgan fingerprint density at radius 3 is 2.37 bits per heavy atom. The molecular weight excluding hydrogens is 248 g/mol. The summed E-state index contributed by atoms with van der Waals surface area (Å²) in [6.45, 7) is 4.03. The molecule has 1 saturated heterocycles. The van der Waals surface area contributed by atoms with Gasteiger partial charge in [-0.15, -0.1) is 0 Å². The van der Waals surface area contributed by atoms with E-state index in [2.05, 4.69) is 5.32 Å². The Labute approximate surface area is 113 Å². The molecule has 0 aliphatic carbocycles. The van der Waals surface area contributed by atoms with Gasteiger partial charge in [0, 0.05) is 19.1 Å². The van der Waals surface area contributed by atoms with Gasteiger partial charge in [0.1, 0.15) is 13.1 Å². The molecule has 0 aromatic carbocycles. The third-order valence-electron chi connectivity index (χ3n) is 3.58. The van der Waals surface area contributed by atoms with Crippen molar-refractivity contribution in [3.63, 3.8) is 0 Å². The number of hydrogen-bond acceptors (Lipinski definition) is 4. The van der Waals surface area contributed by atoms with Crippen LogP contribution in [0.25, 0.3) is 0 Å². The zero-order valence-corrected chi connectivity index (χ0v) is 11.7. The van der Waals surface area contributed by atoms with Crippen molar-refractivity contribution in [1.82, 2.24) is 15.1 Å². The molecule has 1 rings (SSSR count). The summed E-state index contributed by atoms with van der Waals surface area (Å²) in [6.07, 6.45) is 1.49. The molecule has 0 unspecified atom stereocenters. The molecule has 1 heterocycles. The summed E-state index contributed by atoms with van der Waals surface area (Å²) in [5.41, 5.74) is 5.62. The molecule has 0 radical (unpaired) electrons. The first-order valence-corrected chi connectivity index (χ1v) is 6.44. The topological polar surface area (TPSA) is 95.7 Å². The molecule has 19 heavy (non-hydrogen) atoms. The quantitative estimate of drug-likeness (QED) is 0.637. The Balaban J connectivity index is 2.48. The number of hydrogen-bond donors (Lipinski definition) is 2. The first-order chi connectivity index (χ1) is 8.83. The molecule has 0 aromatic rings. The van der Waals surface area contributed by atoms with E-state index in [1.165, 1.54) is 11.9 Å². The molecule has 0 bridgehead atoms. The van der Waals surface area contributed by atoms with E-state index in [0.717, 1.165) is 17.7 Å². The van der Waals surface area contributed by atoms with Crippen molar-refractivity contribution >= 4 is 17.8 Å². The molecule has 108 valence electrons. The third-order valence-corrected chi connectivity index (χ3v) is 3.58. The summed E-state index contributed by atoms with van der Waals surface area (Å²) in [6, 6.07) is -0.440. The van der Waals surface area contributed by atoms with E-state index < -0.39 is 11.6 Å². The molecule has 1 aliphatic heterocycles. The second-order valence-corrected chi connectivity index (χ2v) is 4.96. The van der Waals surface area contributed by atoms with Gasteiger partial charge in [-0.1, -0.05) is 13.8 Å². The normalized spacial score (nSPS) is 16.2. The van der Waals surface area contributed by atoms with Crippen molar-refractivity contribution in [2.24, 2.45) is 5.73 Å². The van der Waals surface area contributed by atoms with Crippen LogP contribution in [0.2, 0.25) is 0 Å². The van der Waals surface area contributed by atoms with E-state index in [9.17, 15) is 14.4 Å². The minimum Gasteiger partial charge on any atom is -0.353 e. The lowest BCUT2D eigenvalue weighted by molar-refractivity contribution is -0.130. The average molecular weight is 270 g/mol. The van der Waals surface area contributed by atoms with E-state index in [1.54, 1.807) is 0 Å². The number of likely N-dealkylation sites (N-methyl/N-ethyl adjacent to an activating group) is 1. The van der Waals surface area contributed by atoms with Gasteiger partial charge < -0.3 is 16.0 Å². The second kappa shape index (κ2) is 6.01. The predicted octanol–water partition coefficient (Wildman–Crippen LogP) is -0.486. The van der Waals surface area contributed by atoms with Gasteiger partial charge in [-0.25, -0.2) is 4.79 Å². The van der Waals surface area contributed by atoms with Crippen LogP contribution in [0.15, 0.2) is 0 Å². The summed E-state index contributed by atoms with van der Waals surface area (Å²) >= 11 is 0. The molecule has 7 heteroatoms. The fraction of sp³-hybridized carbons (Fsp3) is 0.750. The Kier molecular flexibility index (Phi) is 4.88. The van der Waals surface area contributed by atoms with Crippen LogP contribution in [0.4, 0.5) is 4.79 Å². The summed E-state index contributed by atoms with van der Waals surface area (Å²) in [7, 11) is 1.53. The zero-order chi connectivity index (χ0) is 14.6. The maximum Gasteiger partial charge on any atom is 0.327 e. The van der Waals surface area contributed by atoms with Crippen LogP contribution in [0.5, 0.6) is 0 Å². The Morgan fingerprint density at radius 1 is 1.37 bits per heavy atom. The summed E-state index contributed by atoms with van der Waals surface area (Å²) < 4.78 is 0. The lowest BCUT2D eigenvalue weighted by Gasteiger charge is -2.27. The van der Waals surface area contributed by atoms with Gasteiger partial charge in [0.25, 0.3) is 5.91 Å². The molecular formula is C12H22N4O3. The zero-order valence-electron chi connectivity index (χ0n) is 11.7. The van der Waals surface area contributed by atoms with Crippen molar-refractivity contribution in [1.29, 1.82) is 0 Å². The summed E-state index contributed by atoms with van der Waals surface area (Å²) in [5.74, 6) is -0.721. The highest BCUT2D eigenvalue weighted by molar-refractivity contribution is 6.04. The second-order valence-electron chi connectivity index (χ2n) is 4.96. The molecule has 3 N–H and O–H groups in total. The molecule has 4 amide bonds. The first-order valence-electron chi connectivity index (χ1n) is 6.44. The van der Waals surface area contributed by atoms with Crippen molar-refractivity contribution in [3.05, 3.63) is 0 Å². The van der Waals surface area contributed by atoms with Gasteiger partial charge in [0.05, 0.1) is 0 Å². The summed E-state index contributed by atoms with van der Waals surface area (Å²) in [4.78, 5) is 37.1. The first kappa shape index (κ1) is 15.4. The van der Waals surface area contributed by atoms with Crippen LogP contribution in [-0.4, -0.2) is 59.9 Å². The van der Waals surface area contributed by atoms with E-state index >= 15 is 0 Å². The van der Waals surface area contributed by atoms with Crippen molar-refractivity contribution in [3.8, 4) is 0 Å². The van der Waals surface area contributed by atoms with Crippen LogP contribution < -0.4 is 11.1 Å². The van der Waals surface area contributed by atoms with Gasteiger partial charge in [0.15, 0.2) is 0 Å². The average Bonchev–Trinajstić information content (AvgIpc) is 2.63. The van der Waals surface area contributed by atoms with Gasteiger partial charge in [-0.3, -0.25) is 14.5 Å². The smallest absolute Gasteiger partial charge is 0.327 e. The van der Waals surface area contributed by atoms with Gasteiger partial charge >= 0.3 is 6.03 Å². The number of nitrogens with two attached hydrogens (primary N) is 1. The van der Waals surface area contributed by atoms with E-state index in [-0.39, 0.29) is 24.9 Å². The Hall–Kier alpha value is -1.63. The SMILES string of the molecule is CCC(N)(CC)CNC(=O)CN1C(=O)CN(C)C1=O. The van der Waals surface area contributed by atoms with Gasteiger partial charge in [0.2, 0.25) is 5.91 Å². The maximum atomic E-state index is 11.7. The van der Waals surface area contributed by atoms with Crippen LogP contribution in [0.1, 0.15) is 26.7 Å². The van der Waals surface area contributed by atoms with Crippen molar-refractivity contribution in [2.45, 2.75) is 32.2 Å². The Morgan fingerprint density at radius 2 is 1.95 bits per heavy atom. The van der Waals surface area contributed by atoms with Gasteiger partial charge in [-0.2, -0.15) is 0 Å². The Bertz CT molecular complexity index is 379. The van der Waals surface area contributed by atoms with E-state index in [4.69, 9.17) is 5.73 Å². The monoisotopic (exact) mass is 270 g/mol. The number of urea groups is 1. The standard InChI is InChI=1S/C12H22N4O3/c1-4-12(13,5-2)8-14-9(17)6-16-10(18)7-15(3)11(16)19/h4-8,13H2,1-3H3,(H,14,17). The highest BCUT2D eigenvalue weighted by Crippen LogP contribution is 2.10. The number of carbonyl (C=O) groups is 3. The number of nitrogens with zero attached hydrogens (tertiary/aromatic N) is 2. The number of amides is 4. The third kappa shape index (κ3) is 3.66. The lowest BCUT2D eigenvalue weighted by Crippen LogP contribution is -2.51. The lowest BCUT2D eigenvalue weighted by atomic mass is 9.94.